The quantitative estimate of drug-likeness (QED) is 0.367. The maximum absolute atomic E-state index is 13.3. The number of carbonyl (C=O) groups is 2. The summed E-state index contributed by atoms with van der Waals surface area (Å²) in [6.45, 7) is 6.22. The molecule has 2 rings (SSSR count). The Morgan fingerprint density at radius 3 is 2.19 bits per heavy atom. The van der Waals surface area contributed by atoms with Gasteiger partial charge in [0.25, 0.3) is 0 Å². The van der Waals surface area contributed by atoms with Crippen LogP contribution in [0.4, 0.5) is 0 Å². The molecule has 2 aromatic carbocycles. The third kappa shape index (κ3) is 7.87. The third-order valence-electron chi connectivity index (χ3n) is 5.19. The van der Waals surface area contributed by atoms with E-state index < -0.39 is 6.04 Å². The number of nitrogens with zero attached hydrogens (tertiary/aromatic N) is 1. The van der Waals surface area contributed by atoms with Gasteiger partial charge in [-0.25, -0.2) is 0 Å². The minimum absolute atomic E-state index is 0.0424. The van der Waals surface area contributed by atoms with Gasteiger partial charge in [0.05, 0.1) is 5.75 Å². The first kappa shape index (κ1) is 26.8. The van der Waals surface area contributed by atoms with E-state index in [2.05, 4.69) is 5.32 Å². The van der Waals surface area contributed by atoms with E-state index >= 15 is 0 Å². The van der Waals surface area contributed by atoms with Gasteiger partial charge < -0.3 is 10.2 Å². The van der Waals surface area contributed by atoms with Crippen LogP contribution in [0.15, 0.2) is 42.5 Å². The molecule has 8 heteroatoms. The molecule has 0 radical (unpaired) electrons. The Hall–Kier alpha value is -1.40. The summed E-state index contributed by atoms with van der Waals surface area (Å²) < 4.78 is 0. The maximum atomic E-state index is 13.3. The molecule has 0 aliphatic heterocycles. The molecule has 0 unspecified atom stereocenters. The predicted octanol–water partition coefficient (Wildman–Crippen LogP) is 6.60. The lowest BCUT2D eigenvalue weighted by molar-refractivity contribution is -0.139. The SMILES string of the molecule is CC[C@@H](C)NC(=O)[C@@H](CC)N(Cc1ccc(Cl)cc1)C(=O)CSCc1c(Cl)cccc1Cl. The largest absolute Gasteiger partial charge is 0.352 e. The molecule has 0 bridgehead atoms. The molecule has 0 saturated heterocycles. The van der Waals surface area contributed by atoms with Crippen LogP contribution in [-0.4, -0.2) is 34.6 Å². The molecule has 1 N–H and O–H groups in total. The number of hydrogen-bond donors (Lipinski definition) is 1. The number of thioether (sulfide) groups is 1. The standard InChI is InChI=1S/C24H29Cl3N2O2S/c1-4-16(3)28-24(31)22(5-2)29(13-17-9-11-18(25)12-10-17)23(30)15-32-14-19-20(26)7-6-8-21(19)27/h6-12,16,22H,4-5,13-15H2,1-3H3,(H,28,31)/t16-,22-/m1/s1. The molecule has 2 aromatic rings. The first-order chi connectivity index (χ1) is 15.3. The van der Waals surface area contributed by atoms with E-state index in [1.165, 1.54) is 11.8 Å². The Bertz CT molecular complexity index is 888. The van der Waals surface area contributed by atoms with Crippen molar-refractivity contribution in [3.05, 3.63) is 68.7 Å². The second kappa shape index (κ2) is 13.3. The monoisotopic (exact) mass is 514 g/mol. The number of nitrogens with one attached hydrogen (secondary N) is 1. The smallest absolute Gasteiger partial charge is 0.243 e. The Labute approximate surface area is 210 Å². The van der Waals surface area contributed by atoms with E-state index in [1.807, 2.05) is 32.9 Å². The van der Waals surface area contributed by atoms with Crippen LogP contribution in [0.2, 0.25) is 15.1 Å². The Balaban J connectivity index is 2.16. The number of halogens is 3. The van der Waals surface area contributed by atoms with Gasteiger partial charge in [-0.3, -0.25) is 9.59 Å². The topological polar surface area (TPSA) is 49.4 Å². The fourth-order valence-corrected chi connectivity index (χ4v) is 4.91. The van der Waals surface area contributed by atoms with Gasteiger partial charge in [-0.05, 0) is 55.2 Å². The molecule has 2 amide bonds. The lowest BCUT2D eigenvalue weighted by Crippen LogP contribution is -2.51. The van der Waals surface area contributed by atoms with Gasteiger partial charge in [0.1, 0.15) is 6.04 Å². The molecule has 0 spiro atoms. The molecule has 4 nitrogen and oxygen atoms in total. The summed E-state index contributed by atoms with van der Waals surface area (Å²) in [5.74, 6) is 0.472. The molecule has 0 aromatic heterocycles. The molecular weight excluding hydrogens is 487 g/mol. The van der Waals surface area contributed by atoms with Gasteiger partial charge >= 0.3 is 0 Å². The number of carbonyl (C=O) groups excluding carboxylic acids is 2. The number of rotatable bonds is 11. The van der Waals surface area contributed by atoms with Crippen LogP contribution in [0, 0.1) is 0 Å². The van der Waals surface area contributed by atoms with Crippen LogP contribution in [0.25, 0.3) is 0 Å². The van der Waals surface area contributed by atoms with Crippen LogP contribution >= 0.6 is 46.6 Å². The van der Waals surface area contributed by atoms with E-state index in [4.69, 9.17) is 34.8 Å². The van der Waals surface area contributed by atoms with Crippen molar-refractivity contribution in [2.75, 3.05) is 5.75 Å². The maximum Gasteiger partial charge on any atom is 0.243 e. The molecular formula is C24H29Cl3N2O2S. The highest BCUT2D eigenvalue weighted by Gasteiger charge is 2.29. The van der Waals surface area contributed by atoms with Crippen molar-refractivity contribution in [2.45, 2.75) is 58.0 Å². The highest BCUT2D eigenvalue weighted by atomic mass is 35.5. The second-order valence-corrected chi connectivity index (χ2v) is 9.82. The zero-order valence-corrected chi connectivity index (χ0v) is 21.6. The van der Waals surface area contributed by atoms with Crippen LogP contribution in [0.3, 0.4) is 0 Å². The second-order valence-electron chi connectivity index (χ2n) is 7.58. The minimum Gasteiger partial charge on any atom is -0.352 e. The zero-order valence-electron chi connectivity index (χ0n) is 18.5. The first-order valence-corrected chi connectivity index (χ1v) is 12.9. The van der Waals surface area contributed by atoms with Crippen molar-refractivity contribution in [3.63, 3.8) is 0 Å². The highest BCUT2D eigenvalue weighted by molar-refractivity contribution is 7.99. The molecule has 0 fully saturated rings. The molecule has 2 atom stereocenters. The van der Waals surface area contributed by atoms with E-state index in [0.717, 1.165) is 17.5 Å². The van der Waals surface area contributed by atoms with Gasteiger partial charge in [0.15, 0.2) is 0 Å². The lowest BCUT2D eigenvalue weighted by Gasteiger charge is -2.31. The van der Waals surface area contributed by atoms with Crippen molar-refractivity contribution in [1.82, 2.24) is 10.2 Å². The van der Waals surface area contributed by atoms with Crippen molar-refractivity contribution >= 4 is 58.4 Å². The molecule has 174 valence electrons. The average Bonchev–Trinajstić information content (AvgIpc) is 2.76. The summed E-state index contributed by atoms with van der Waals surface area (Å²) in [6, 6.07) is 12.2. The Morgan fingerprint density at radius 1 is 1.00 bits per heavy atom. The third-order valence-corrected chi connectivity index (χ3v) is 7.09. The van der Waals surface area contributed by atoms with Gasteiger partial charge in [-0.1, -0.05) is 66.8 Å². The van der Waals surface area contributed by atoms with Crippen molar-refractivity contribution in [2.24, 2.45) is 0 Å². The fraction of sp³-hybridized carbons (Fsp3) is 0.417. The van der Waals surface area contributed by atoms with Crippen molar-refractivity contribution in [1.29, 1.82) is 0 Å². The van der Waals surface area contributed by atoms with Gasteiger partial charge in [-0.2, -0.15) is 0 Å². The summed E-state index contributed by atoms with van der Waals surface area (Å²) in [5.41, 5.74) is 1.72. The van der Waals surface area contributed by atoms with Crippen molar-refractivity contribution in [3.8, 4) is 0 Å². The first-order valence-electron chi connectivity index (χ1n) is 10.6. The van der Waals surface area contributed by atoms with Crippen molar-refractivity contribution < 1.29 is 9.59 Å². The molecule has 0 aliphatic carbocycles. The summed E-state index contributed by atoms with van der Waals surface area (Å²) >= 11 is 19.9. The van der Waals surface area contributed by atoms with E-state index in [-0.39, 0.29) is 23.6 Å². The number of hydrogen-bond acceptors (Lipinski definition) is 3. The number of benzene rings is 2. The van der Waals surface area contributed by atoms with Gasteiger partial charge in [0, 0.05) is 33.4 Å². The Kier molecular flexibility index (Phi) is 11.2. The molecule has 32 heavy (non-hydrogen) atoms. The average molecular weight is 516 g/mol. The van der Waals surface area contributed by atoms with Crippen LogP contribution < -0.4 is 5.32 Å². The van der Waals surface area contributed by atoms with E-state index in [1.54, 1.807) is 35.2 Å². The summed E-state index contributed by atoms with van der Waals surface area (Å²) in [5, 5.41) is 4.79. The lowest BCUT2D eigenvalue weighted by atomic mass is 10.1. The van der Waals surface area contributed by atoms with Gasteiger partial charge in [-0.15, -0.1) is 11.8 Å². The van der Waals surface area contributed by atoms with E-state index in [9.17, 15) is 9.59 Å². The fourth-order valence-electron chi connectivity index (χ4n) is 3.14. The summed E-state index contributed by atoms with van der Waals surface area (Å²) in [7, 11) is 0. The predicted molar refractivity (Wildman–Crippen MR) is 137 cm³/mol. The van der Waals surface area contributed by atoms with E-state index in [0.29, 0.717) is 33.8 Å². The Morgan fingerprint density at radius 2 is 1.62 bits per heavy atom. The van der Waals surface area contributed by atoms with Gasteiger partial charge in [0.2, 0.25) is 11.8 Å². The normalized spacial score (nSPS) is 12.8. The highest BCUT2D eigenvalue weighted by Crippen LogP contribution is 2.28. The molecule has 0 saturated carbocycles. The molecule has 0 aliphatic rings. The zero-order chi connectivity index (χ0) is 23.7. The summed E-state index contributed by atoms with van der Waals surface area (Å²) in [4.78, 5) is 27.9. The molecule has 0 heterocycles. The number of amides is 2. The van der Waals surface area contributed by atoms with Crippen LogP contribution in [0.5, 0.6) is 0 Å². The minimum atomic E-state index is -0.559. The summed E-state index contributed by atoms with van der Waals surface area (Å²) in [6.07, 6.45) is 1.34. The van der Waals surface area contributed by atoms with Crippen LogP contribution in [-0.2, 0) is 21.9 Å². The van der Waals surface area contributed by atoms with Crippen LogP contribution in [0.1, 0.15) is 44.7 Å².